The number of rotatable bonds is 4. The van der Waals surface area contributed by atoms with Gasteiger partial charge in [-0.1, -0.05) is 31.0 Å². The van der Waals surface area contributed by atoms with Crippen molar-refractivity contribution in [3.8, 4) is 0 Å². The van der Waals surface area contributed by atoms with E-state index in [0.29, 0.717) is 10.8 Å². The van der Waals surface area contributed by atoms with E-state index >= 15 is 0 Å². The highest BCUT2D eigenvalue weighted by Gasteiger charge is 2.14. The Morgan fingerprint density at radius 1 is 1.33 bits per heavy atom. The molecule has 5 nitrogen and oxygen atoms in total. The summed E-state index contributed by atoms with van der Waals surface area (Å²) in [5.74, 6) is 1.50. The van der Waals surface area contributed by atoms with E-state index in [1.165, 1.54) is 6.33 Å². The highest BCUT2D eigenvalue weighted by molar-refractivity contribution is 6.30. The molecule has 0 saturated carbocycles. The Balaban J connectivity index is 2.14. The summed E-state index contributed by atoms with van der Waals surface area (Å²) >= 11 is 6.05. The first-order valence-corrected chi connectivity index (χ1v) is 7.28. The van der Waals surface area contributed by atoms with E-state index in [2.05, 4.69) is 27.3 Å². The van der Waals surface area contributed by atoms with Crippen LogP contribution in [0.5, 0.6) is 0 Å². The van der Waals surface area contributed by atoms with E-state index in [-0.39, 0.29) is 0 Å². The van der Waals surface area contributed by atoms with Crippen LogP contribution in [-0.2, 0) is 6.42 Å². The van der Waals surface area contributed by atoms with E-state index in [4.69, 9.17) is 11.6 Å². The molecule has 0 fully saturated rings. The fourth-order valence-electron chi connectivity index (χ4n) is 2.37. The number of halogens is 1. The molecule has 6 heteroatoms. The SMILES string of the molecule is CCCc1c(C)nc2ncnn2c1Nc1cccc(Cl)c1. The summed E-state index contributed by atoms with van der Waals surface area (Å²) in [6.07, 6.45) is 3.48. The second kappa shape index (κ2) is 5.69. The molecule has 0 aliphatic rings. The zero-order valence-corrected chi connectivity index (χ0v) is 12.7. The number of nitrogens with one attached hydrogen (secondary N) is 1. The summed E-state index contributed by atoms with van der Waals surface area (Å²) in [6, 6.07) is 7.62. The van der Waals surface area contributed by atoms with Gasteiger partial charge >= 0.3 is 0 Å². The van der Waals surface area contributed by atoms with Crippen molar-refractivity contribution in [3.63, 3.8) is 0 Å². The van der Waals surface area contributed by atoms with Gasteiger partial charge in [0, 0.05) is 22.0 Å². The number of anilines is 2. The van der Waals surface area contributed by atoms with Crippen LogP contribution < -0.4 is 5.32 Å². The molecule has 0 aliphatic carbocycles. The number of benzene rings is 1. The minimum Gasteiger partial charge on any atom is -0.340 e. The number of aryl methyl sites for hydroxylation is 1. The molecular weight excluding hydrogens is 286 g/mol. The summed E-state index contributed by atoms with van der Waals surface area (Å²) in [5.41, 5.74) is 3.04. The van der Waals surface area contributed by atoms with E-state index in [1.54, 1.807) is 4.52 Å². The van der Waals surface area contributed by atoms with Gasteiger partial charge in [0.25, 0.3) is 5.78 Å². The fourth-order valence-corrected chi connectivity index (χ4v) is 2.56. The smallest absolute Gasteiger partial charge is 0.254 e. The Bertz CT molecular complexity index is 781. The second-order valence-electron chi connectivity index (χ2n) is 4.88. The molecule has 0 radical (unpaired) electrons. The number of aromatic nitrogens is 4. The summed E-state index contributed by atoms with van der Waals surface area (Å²) in [4.78, 5) is 8.67. The number of fused-ring (bicyclic) bond motifs is 1. The van der Waals surface area contributed by atoms with Gasteiger partial charge in [0.15, 0.2) is 0 Å². The number of hydrogen-bond acceptors (Lipinski definition) is 4. The van der Waals surface area contributed by atoms with Gasteiger partial charge in [0.1, 0.15) is 12.1 Å². The molecule has 0 unspecified atom stereocenters. The molecule has 0 bridgehead atoms. The molecule has 0 aliphatic heterocycles. The maximum absolute atomic E-state index is 6.05. The predicted octanol–water partition coefficient (Wildman–Crippen LogP) is 3.78. The molecule has 3 rings (SSSR count). The summed E-state index contributed by atoms with van der Waals surface area (Å²) in [5, 5.41) is 8.37. The highest BCUT2D eigenvalue weighted by Crippen LogP contribution is 2.25. The molecule has 108 valence electrons. The van der Waals surface area contributed by atoms with Crippen molar-refractivity contribution in [3.05, 3.63) is 46.9 Å². The number of nitrogens with zero attached hydrogens (tertiary/aromatic N) is 4. The van der Waals surface area contributed by atoms with Crippen LogP contribution in [0.2, 0.25) is 5.02 Å². The monoisotopic (exact) mass is 301 g/mol. The van der Waals surface area contributed by atoms with Crippen LogP contribution >= 0.6 is 11.6 Å². The largest absolute Gasteiger partial charge is 0.340 e. The summed E-state index contributed by atoms with van der Waals surface area (Å²) in [7, 11) is 0. The van der Waals surface area contributed by atoms with Gasteiger partial charge in [-0.05, 0) is 31.5 Å². The van der Waals surface area contributed by atoms with Crippen LogP contribution in [0.1, 0.15) is 24.6 Å². The zero-order chi connectivity index (χ0) is 14.8. The lowest BCUT2D eigenvalue weighted by Crippen LogP contribution is -2.08. The third-order valence-corrected chi connectivity index (χ3v) is 3.55. The van der Waals surface area contributed by atoms with Crippen LogP contribution in [0.3, 0.4) is 0 Å². The van der Waals surface area contributed by atoms with E-state index in [1.807, 2.05) is 31.2 Å². The molecule has 0 atom stereocenters. The Labute approximate surface area is 128 Å². The van der Waals surface area contributed by atoms with E-state index in [9.17, 15) is 0 Å². The lowest BCUT2D eigenvalue weighted by molar-refractivity contribution is 0.856. The van der Waals surface area contributed by atoms with Crippen molar-refractivity contribution >= 4 is 28.9 Å². The lowest BCUT2D eigenvalue weighted by Gasteiger charge is -2.15. The van der Waals surface area contributed by atoms with Crippen molar-refractivity contribution < 1.29 is 0 Å². The van der Waals surface area contributed by atoms with Crippen molar-refractivity contribution in [2.45, 2.75) is 26.7 Å². The van der Waals surface area contributed by atoms with Gasteiger partial charge in [-0.3, -0.25) is 0 Å². The summed E-state index contributed by atoms with van der Waals surface area (Å²) in [6.45, 7) is 4.15. The maximum atomic E-state index is 6.05. The molecule has 1 N–H and O–H groups in total. The third-order valence-electron chi connectivity index (χ3n) is 3.32. The molecule has 0 spiro atoms. The molecule has 2 aromatic heterocycles. The molecule has 3 aromatic rings. The lowest BCUT2D eigenvalue weighted by atomic mass is 10.1. The minimum absolute atomic E-state index is 0.594. The molecular formula is C15H16ClN5. The first kappa shape index (κ1) is 13.8. The van der Waals surface area contributed by atoms with Crippen molar-refractivity contribution in [1.82, 2.24) is 19.6 Å². The zero-order valence-electron chi connectivity index (χ0n) is 12.0. The Morgan fingerprint density at radius 2 is 2.19 bits per heavy atom. The molecule has 0 saturated heterocycles. The molecule has 2 heterocycles. The number of hydrogen-bond donors (Lipinski definition) is 1. The van der Waals surface area contributed by atoms with Crippen LogP contribution in [-0.4, -0.2) is 19.6 Å². The quantitative estimate of drug-likeness (QED) is 0.796. The third kappa shape index (κ3) is 2.69. The van der Waals surface area contributed by atoms with E-state index < -0.39 is 0 Å². The molecule has 21 heavy (non-hydrogen) atoms. The highest BCUT2D eigenvalue weighted by atomic mass is 35.5. The molecule has 0 amide bonds. The first-order valence-electron chi connectivity index (χ1n) is 6.91. The van der Waals surface area contributed by atoms with Gasteiger partial charge in [-0.25, -0.2) is 4.98 Å². The van der Waals surface area contributed by atoms with Gasteiger partial charge in [0.05, 0.1) is 0 Å². The predicted molar refractivity (Wildman–Crippen MR) is 84.2 cm³/mol. The van der Waals surface area contributed by atoms with E-state index in [0.717, 1.165) is 35.6 Å². The van der Waals surface area contributed by atoms with Gasteiger partial charge in [-0.2, -0.15) is 14.6 Å². The fraction of sp³-hybridized carbons (Fsp3) is 0.267. The topological polar surface area (TPSA) is 55.1 Å². The molecule has 1 aromatic carbocycles. The van der Waals surface area contributed by atoms with Crippen molar-refractivity contribution in [2.75, 3.05) is 5.32 Å². The Hall–Kier alpha value is -2.14. The van der Waals surface area contributed by atoms with Gasteiger partial charge in [0.2, 0.25) is 0 Å². The maximum Gasteiger partial charge on any atom is 0.254 e. The van der Waals surface area contributed by atoms with Crippen molar-refractivity contribution in [2.24, 2.45) is 0 Å². The Morgan fingerprint density at radius 3 is 2.95 bits per heavy atom. The first-order chi connectivity index (χ1) is 10.2. The van der Waals surface area contributed by atoms with Gasteiger partial charge in [-0.15, -0.1) is 0 Å². The van der Waals surface area contributed by atoms with Crippen LogP contribution in [0.4, 0.5) is 11.5 Å². The second-order valence-corrected chi connectivity index (χ2v) is 5.32. The minimum atomic E-state index is 0.594. The van der Waals surface area contributed by atoms with Crippen LogP contribution in [0.15, 0.2) is 30.6 Å². The van der Waals surface area contributed by atoms with Gasteiger partial charge < -0.3 is 5.32 Å². The average Bonchev–Trinajstić information content (AvgIpc) is 2.90. The standard InChI is InChI=1S/C15H16ClN5/c1-3-5-13-10(2)19-15-17-9-18-21(15)14(13)20-12-7-4-6-11(16)8-12/h4,6-9,20H,3,5H2,1-2H3. The van der Waals surface area contributed by atoms with Crippen molar-refractivity contribution in [1.29, 1.82) is 0 Å². The van der Waals surface area contributed by atoms with Crippen LogP contribution in [0, 0.1) is 6.92 Å². The normalized spacial score (nSPS) is 11.0. The average molecular weight is 302 g/mol. The Kier molecular flexibility index (Phi) is 3.75. The van der Waals surface area contributed by atoms with Crippen LogP contribution in [0.25, 0.3) is 5.78 Å². The summed E-state index contributed by atoms with van der Waals surface area (Å²) < 4.78 is 1.74.